The zero-order valence-electron chi connectivity index (χ0n) is 63.0. The number of carbonyl (C=O) groups is 6. The first-order chi connectivity index (χ1) is 50.5. The second kappa shape index (κ2) is 30.0. The number of epoxide rings is 2. The summed E-state index contributed by atoms with van der Waals surface area (Å²) in [5.41, 5.74) is 2.83. The average molecular weight is 1440 g/mol. The minimum atomic E-state index is -1.51. The van der Waals surface area contributed by atoms with Gasteiger partial charge in [-0.3, -0.25) is 29.0 Å². The molecule has 0 radical (unpaired) electrons. The molecule has 2 saturated heterocycles. The number of ether oxygens (including phenoxy) is 12. The molecule has 4 aliphatic heterocycles. The van der Waals surface area contributed by atoms with E-state index in [0.29, 0.717) is 49.4 Å². The van der Waals surface area contributed by atoms with Crippen LogP contribution in [-0.2, 0) is 69.1 Å². The van der Waals surface area contributed by atoms with Crippen LogP contribution in [-0.4, -0.2) is 149 Å². The molecule has 556 valence electrons. The van der Waals surface area contributed by atoms with E-state index in [9.17, 15) is 9.59 Å². The normalized spacial score (nSPS) is 16.5. The SMILES string of the molecule is CCOCCC(C(=O)OCCOCC1CO1)N1C(=O)c2cc(Oc3ccc(C(C)(C)C)cc3)c3c4c(Oc5ccc(C(C)(C)C)cc5)cc5c6c(cc(Oc7ccc(C(C)(C)C)cc7)c(c7c(Oc8ccc(C(C)(C)C)cc8)cc(c2c37)C1=O)c64)C(=O)N(C(CCOCC)C(=O)OCCOCC1CO1)C5=O. The lowest BCUT2D eigenvalue weighted by Gasteiger charge is -2.35. The predicted octanol–water partition coefficient (Wildman–Crippen LogP) is 16.8. The van der Waals surface area contributed by atoms with Gasteiger partial charge in [0.1, 0.15) is 83.5 Å². The van der Waals surface area contributed by atoms with E-state index in [2.05, 4.69) is 83.1 Å². The lowest BCUT2D eigenvalue weighted by Crippen LogP contribution is -2.51. The Morgan fingerprint density at radius 1 is 0.368 bits per heavy atom. The van der Waals surface area contributed by atoms with Crippen molar-refractivity contribution in [3.8, 4) is 46.0 Å². The highest BCUT2D eigenvalue weighted by Crippen LogP contribution is 2.58. The second-order valence-electron chi connectivity index (χ2n) is 31.6. The Labute approximate surface area is 618 Å². The fourth-order valence-electron chi connectivity index (χ4n) is 13.8. The third kappa shape index (κ3) is 15.5. The number of esters is 2. The van der Waals surface area contributed by atoms with E-state index in [1.54, 1.807) is 38.1 Å². The first kappa shape index (κ1) is 74.7. The molecule has 4 amide bonds. The first-order valence-electron chi connectivity index (χ1n) is 36.6. The van der Waals surface area contributed by atoms with Crippen LogP contribution in [0, 0.1) is 0 Å². The summed E-state index contributed by atoms with van der Waals surface area (Å²) < 4.78 is 74.9. The molecule has 2 fully saturated rings. The monoisotopic (exact) mass is 1440 g/mol. The summed E-state index contributed by atoms with van der Waals surface area (Å²) in [6.07, 6.45) is -0.340. The van der Waals surface area contributed by atoms with Gasteiger partial charge in [0.25, 0.3) is 23.6 Å². The van der Waals surface area contributed by atoms with Gasteiger partial charge in [0.05, 0.1) is 61.9 Å². The van der Waals surface area contributed by atoms with Crippen LogP contribution in [0.3, 0.4) is 0 Å². The van der Waals surface area contributed by atoms with Gasteiger partial charge in [-0.15, -0.1) is 0 Å². The quantitative estimate of drug-likeness (QED) is 0.0102. The van der Waals surface area contributed by atoms with E-state index < -0.39 is 47.7 Å². The highest BCUT2D eigenvalue weighted by atomic mass is 16.6. The topological polar surface area (TPSA) is 226 Å². The molecule has 4 unspecified atom stereocenters. The zero-order valence-corrected chi connectivity index (χ0v) is 63.0. The fraction of sp³-hybridized carbons (Fsp3) is 0.419. The molecule has 0 bridgehead atoms. The van der Waals surface area contributed by atoms with Crippen LogP contribution in [0.15, 0.2) is 121 Å². The molecule has 4 atom stereocenters. The standard InChI is InChI=1S/C86H94N2O18/c1-15-95-35-33-63(81(93)99-39-37-97-45-57-47-101-57)87-77(89)59-41-65(103-53-25-17-49(18-26-53)83(3,4)5)71-73-67(105-55-29-21-51(22-30-55)85(9,10)11)43-61-70-62(80(92)88(79(61)91)64(34-36-96-16-2)82(94)100-40-38-98-46-58-48-102-58)44-68(106-56-31-23-52(24-32-56)86(12,13)14)74(76(70)73)72-66(42-60(78(87)90)69(59)75(71)72)104-54-27-19-50(20-28-54)84(6,7)8/h17-32,41-44,57-58,63-64H,15-16,33-40,45-48H2,1-14H3. The Morgan fingerprint density at radius 3 is 0.849 bits per heavy atom. The average Bonchev–Trinajstić information content (AvgIpc) is 0.902. The van der Waals surface area contributed by atoms with Gasteiger partial charge < -0.3 is 56.8 Å². The van der Waals surface area contributed by atoms with E-state index in [1.807, 2.05) is 97.1 Å². The summed E-state index contributed by atoms with van der Waals surface area (Å²) >= 11 is 0. The number of rotatable bonds is 30. The van der Waals surface area contributed by atoms with Crippen molar-refractivity contribution in [1.29, 1.82) is 0 Å². The van der Waals surface area contributed by atoms with Crippen molar-refractivity contribution in [2.24, 2.45) is 0 Å². The number of amides is 4. The smallest absolute Gasteiger partial charge is 0.329 e. The highest BCUT2D eigenvalue weighted by Gasteiger charge is 2.47. The van der Waals surface area contributed by atoms with E-state index in [0.717, 1.165) is 32.1 Å². The maximum Gasteiger partial charge on any atom is 0.329 e. The second-order valence-corrected chi connectivity index (χ2v) is 31.6. The van der Waals surface area contributed by atoms with Gasteiger partial charge in [-0.2, -0.15) is 0 Å². The molecular weight excluding hydrogens is 1350 g/mol. The Morgan fingerprint density at radius 2 is 0.623 bits per heavy atom. The van der Waals surface area contributed by atoms with Gasteiger partial charge in [-0.05, 0) is 131 Å². The fourth-order valence-corrected chi connectivity index (χ4v) is 13.8. The number of hydrogen-bond donors (Lipinski definition) is 0. The molecule has 0 aromatic heterocycles. The van der Waals surface area contributed by atoms with Crippen LogP contribution < -0.4 is 18.9 Å². The van der Waals surface area contributed by atoms with Crippen molar-refractivity contribution >= 4 is 78.7 Å². The van der Waals surface area contributed by atoms with Crippen molar-refractivity contribution in [1.82, 2.24) is 9.80 Å². The number of benzene rings is 9. The van der Waals surface area contributed by atoms with Crippen molar-refractivity contribution in [3.63, 3.8) is 0 Å². The summed E-state index contributed by atoms with van der Waals surface area (Å²) in [6.45, 7) is 30.8. The van der Waals surface area contributed by atoms with Gasteiger partial charge >= 0.3 is 11.9 Å². The third-order valence-corrected chi connectivity index (χ3v) is 19.8. The summed E-state index contributed by atoms with van der Waals surface area (Å²) in [7, 11) is 0. The Balaban J connectivity index is 1.15. The number of nitrogens with zero attached hydrogens (tertiary/aromatic N) is 2. The molecule has 106 heavy (non-hydrogen) atoms. The first-order valence-corrected chi connectivity index (χ1v) is 36.6. The molecule has 4 aliphatic rings. The molecule has 20 nitrogen and oxygen atoms in total. The van der Waals surface area contributed by atoms with Gasteiger partial charge in [0, 0.05) is 82.4 Å². The van der Waals surface area contributed by atoms with E-state index >= 15 is 19.2 Å². The van der Waals surface area contributed by atoms with Gasteiger partial charge in [-0.1, -0.05) is 132 Å². The van der Waals surface area contributed by atoms with Crippen molar-refractivity contribution in [2.45, 2.75) is 156 Å². The van der Waals surface area contributed by atoms with Crippen LogP contribution in [0.4, 0.5) is 0 Å². The molecule has 9 aromatic carbocycles. The lowest BCUT2D eigenvalue weighted by atomic mass is 9.80. The predicted molar refractivity (Wildman–Crippen MR) is 402 cm³/mol. The molecule has 9 aromatic rings. The largest absolute Gasteiger partial charge is 0.462 e. The summed E-state index contributed by atoms with van der Waals surface area (Å²) in [5.74, 6) is -3.42. The molecule has 0 spiro atoms. The van der Waals surface area contributed by atoms with Crippen LogP contribution in [0.5, 0.6) is 46.0 Å². The Hall–Kier alpha value is -9.54. The molecular formula is C86H94N2O18. The summed E-state index contributed by atoms with van der Waals surface area (Å²) in [4.78, 5) is 97.0. The molecule has 0 N–H and O–H groups in total. The lowest BCUT2D eigenvalue weighted by molar-refractivity contribution is -0.151. The molecule has 0 aliphatic carbocycles. The van der Waals surface area contributed by atoms with Crippen LogP contribution in [0.1, 0.15) is 173 Å². The minimum absolute atomic E-state index is 0.0250. The Bertz CT molecular complexity index is 4270. The Kier molecular flexibility index (Phi) is 21.2. The number of hydrogen-bond acceptors (Lipinski definition) is 18. The van der Waals surface area contributed by atoms with Crippen molar-refractivity contribution < 1.29 is 85.6 Å². The molecule has 20 heteroatoms. The number of fused-ring (bicyclic) bond motifs is 2. The minimum Gasteiger partial charge on any atom is -0.462 e. The third-order valence-electron chi connectivity index (χ3n) is 19.8. The van der Waals surface area contributed by atoms with E-state index in [4.69, 9.17) is 56.8 Å². The van der Waals surface area contributed by atoms with Gasteiger partial charge in [-0.25, -0.2) is 9.59 Å². The van der Waals surface area contributed by atoms with Crippen LogP contribution in [0.2, 0.25) is 0 Å². The maximum absolute atomic E-state index is 16.4. The number of carbonyl (C=O) groups excluding carboxylic acids is 6. The maximum atomic E-state index is 16.4. The molecule has 13 rings (SSSR count). The zero-order chi connectivity index (χ0) is 75.3. The van der Waals surface area contributed by atoms with Crippen molar-refractivity contribution in [3.05, 3.63) is 166 Å². The van der Waals surface area contributed by atoms with Gasteiger partial charge in [0.15, 0.2) is 0 Å². The van der Waals surface area contributed by atoms with Crippen molar-refractivity contribution in [2.75, 3.05) is 79.3 Å². The molecule has 4 heterocycles. The van der Waals surface area contributed by atoms with Gasteiger partial charge in [0.2, 0.25) is 0 Å². The van der Waals surface area contributed by atoms with E-state index in [-0.39, 0.29) is 188 Å². The molecule has 0 saturated carbocycles. The summed E-state index contributed by atoms with van der Waals surface area (Å²) in [6, 6.07) is 33.6. The van der Waals surface area contributed by atoms with Crippen LogP contribution in [0.25, 0.3) is 43.1 Å². The van der Waals surface area contributed by atoms with Crippen LogP contribution >= 0.6 is 0 Å². The highest BCUT2D eigenvalue weighted by molar-refractivity contribution is 6.45. The number of imide groups is 2. The summed E-state index contributed by atoms with van der Waals surface area (Å²) in [5, 5.41) is 1.95. The van der Waals surface area contributed by atoms with E-state index in [1.165, 1.54) is 0 Å².